The monoisotopic (exact) mass is 335 g/mol. The van der Waals surface area contributed by atoms with Crippen LogP contribution in [0.2, 0.25) is 0 Å². The van der Waals surface area contributed by atoms with Gasteiger partial charge in [0.25, 0.3) is 0 Å². The number of carbonyl (C=O) groups excluding carboxylic acids is 1. The predicted octanol–water partition coefficient (Wildman–Crippen LogP) is 2.43. The molecule has 1 aromatic carbocycles. The van der Waals surface area contributed by atoms with Crippen molar-refractivity contribution in [2.24, 2.45) is 0 Å². The molecule has 2 unspecified atom stereocenters. The first-order chi connectivity index (χ1) is 11.1. The second kappa shape index (κ2) is 8.26. The van der Waals surface area contributed by atoms with Gasteiger partial charge in [0, 0.05) is 34.4 Å². The van der Waals surface area contributed by atoms with Gasteiger partial charge in [0.1, 0.15) is 0 Å². The Balaban J connectivity index is 1.87. The fourth-order valence-corrected chi connectivity index (χ4v) is 3.37. The molecule has 0 fully saturated rings. The van der Waals surface area contributed by atoms with E-state index in [2.05, 4.69) is 34.7 Å². The molecule has 0 bridgehead atoms. The number of para-hydroxylation sites is 1. The summed E-state index contributed by atoms with van der Waals surface area (Å²) in [6.07, 6.45) is 2.71. The minimum absolute atomic E-state index is 0.0108. The summed E-state index contributed by atoms with van der Waals surface area (Å²) in [6, 6.07) is 7.93. The number of amides is 2. The smallest absolute Gasteiger partial charge is 0.315 e. The standard InChI is InChI=1S/C17H25N3O2S/c1-11-13(14-6-4-5-7-15(14)19-11)8-9-18-17(22)20-12(2)16(10-21)23-3/h4-7,12,16,19,21H,8-10H2,1-3H3,(H2,18,20,22). The number of nitrogens with one attached hydrogen (secondary N) is 3. The van der Waals surface area contributed by atoms with Gasteiger partial charge in [-0.1, -0.05) is 18.2 Å². The van der Waals surface area contributed by atoms with Gasteiger partial charge in [0.05, 0.1) is 6.61 Å². The molecule has 0 spiro atoms. The van der Waals surface area contributed by atoms with E-state index in [1.165, 1.54) is 10.9 Å². The van der Waals surface area contributed by atoms with Crippen molar-refractivity contribution >= 4 is 28.7 Å². The van der Waals surface area contributed by atoms with Crippen LogP contribution in [-0.4, -0.2) is 46.8 Å². The topological polar surface area (TPSA) is 77.2 Å². The minimum Gasteiger partial charge on any atom is -0.395 e. The van der Waals surface area contributed by atoms with Crippen LogP contribution >= 0.6 is 11.8 Å². The number of rotatable bonds is 7. The number of hydrogen-bond acceptors (Lipinski definition) is 3. The molecule has 0 aliphatic heterocycles. The largest absolute Gasteiger partial charge is 0.395 e. The van der Waals surface area contributed by atoms with Crippen molar-refractivity contribution in [3.63, 3.8) is 0 Å². The average molecular weight is 335 g/mol. The molecule has 2 atom stereocenters. The van der Waals surface area contributed by atoms with E-state index in [0.29, 0.717) is 6.54 Å². The Morgan fingerprint density at radius 3 is 2.83 bits per heavy atom. The lowest BCUT2D eigenvalue weighted by molar-refractivity contribution is 0.232. The highest BCUT2D eigenvalue weighted by Gasteiger charge is 2.17. The lowest BCUT2D eigenvalue weighted by Crippen LogP contribution is -2.46. The van der Waals surface area contributed by atoms with Crippen LogP contribution in [0.3, 0.4) is 0 Å². The fraction of sp³-hybridized carbons (Fsp3) is 0.471. The van der Waals surface area contributed by atoms with E-state index >= 15 is 0 Å². The van der Waals surface area contributed by atoms with E-state index in [1.807, 2.05) is 25.3 Å². The van der Waals surface area contributed by atoms with Crippen molar-refractivity contribution in [1.82, 2.24) is 15.6 Å². The van der Waals surface area contributed by atoms with Gasteiger partial charge in [0.15, 0.2) is 0 Å². The van der Waals surface area contributed by atoms with Crippen molar-refractivity contribution in [2.45, 2.75) is 31.6 Å². The van der Waals surface area contributed by atoms with E-state index in [4.69, 9.17) is 0 Å². The van der Waals surface area contributed by atoms with E-state index in [-0.39, 0.29) is 23.9 Å². The molecule has 6 heteroatoms. The third-order valence-corrected chi connectivity index (χ3v) is 5.25. The number of aromatic amines is 1. The zero-order valence-electron chi connectivity index (χ0n) is 13.8. The first-order valence-electron chi connectivity index (χ1n) is 7.81. The van der Waals surface area contributed by atoms with Crippen LogP contribution in [0, 0.1) is 6.92 Å². The molecule has 0 aliphatic carbocycles. The molecule has 0 saturated heterocycles. The first kappa shape index (κ1) is 17.7. The van der Waals surface area contributed by atoms with Gasteiger partial charge in [-0.3, -0.25) is 0 Å². The van der Waals surface area contributed by atoms with Gasteiger partial charge in [0.2, 0.25) is 0 Å². The Morgan fingerprint density at radius 2 is 2.13 bits per heavy atom. The van der Waals surface area contributed by atoms with Crippen LogP contribution in [0.15, 0.2) is 24.3 Å². The number of fused-ring (bicyclic) bond motifs is 1. The van der Waals surface area contributed by atoms with Gasteiger partial charge in [-0.25, -0.2) is 4.79 Å². The van der Waals surface area contributed by atoms with Crippen molar-refractivity contribution < 1.29 is 9.90 Å². The number of thioether (sulfide) groups is 1. The molecular formula is C17H25N3O2S. The number of aryl methyl sites for hydroxylation is 1. The molecule has 2 amide bonds. The molecule has 4 N–H and O–H groups in total. The van der Waals surface area contributed by atoms with Crippen LogP contribution in [0.25, 0.3) is 10.9 Å². The van der Waals surface area contributed by atoms with E-state index < -0.39 is 0 Å². The second-order valence-electron chi connectivity index (χ2n) is 5.67. The third kappa shape index (κ3) is 4.42. The minimum atomic E-state index is -0.192. The number of aliphatic hydroxyl groups is 1. The van der Waals surface area contributed by atoms with Crippen molar-refractivity contribution in [2.75, 3.05) is 19.4 Å². The maximum atomic E-state index is 11.9. The quantitative estimate of drug-likeness (QED) is 0.628. The molecule has 1 aromatic heterocycles. The summed E-state index contributed by atoms with van der Waals surface area (Å²) in [7, 11) is 0. The van der Waals surface area contributed by atoms with Gasteiger partial charge < -0.3 is 20.7 Å². The highest BCUT2D eigenvalue weighted by Crippen LogP contribution is 2.21. The maximum Gasteiger partial charge on any atom is 0.315 e. The second-order valence-corrected chi connectivity index (χ2v) is 6.75. The Morgan fingerprint density at radius 1 is 1.39 bits per heavy atom. The summed E-state index contributed by atoms with van der Waals surface area (Å²) in [5.74, 6) is 0. The molecular weight excluding hydrogens is 310 g/mol. The number of aliphatic hydroxyl groups excluding tert-OH is 1. The van der Waals surface area contributed by atoms with Gasteiger partial charge >= 0.3 is 6.03 Å². The van der Waals surface area contributed by atoms with Crippen LogP contribution in [0.4, 0.5) is 4.79 Å². The van der Waals surface area contributed by atoms with Gasteiger partial charge in [-0.2, -0.15) is 11.8 Å². The molecule has 1 heterocycles. The molecule has 126 valence electrons. The summed E-state index contributed by atoms with van der Waals surface area (Å²) < 4.78 is 0. The maximum absolute atomic E-state index is 11.9. The van der Waals surface area contributed by atoms with Gasteiger partial charge in [-0.15, -0.1) is 0 Å². The van der Waals surface area contributed by atoms with Crippen molar-refractivity contribution in [1.29, 1.82) is 0 Å². The number of H-pyrrole nitrogens is 1. The molecule has 0 saturated carbocycles. The summed E-state index contributed by atoms with van der Waals surface area (Å²) in [5.41, 5.74) is 3.51. The molecule has 23 heavy (non-hydrogen) atoms. The zero-order chi connectivity index (χ0) is 16.8. The Labute approximate surface area is 141 Å². The molecule has 2 aromatic rings. The Bertz CT molecular complexity index is 652. The summed E-state index contributed by atoms with van der Waals surface area (Å²) in [4.78, 5) is 15.3. The van der Waals surface area contributed by atoms with E-state index in [1.54, 1.807) is 11.8 Å². The van der Waals surface area contributed by atoms with Crippen LogP contribution in [0.5, 0.6) is 0 Å². The SMILES string of the molecule is CSC(CO)C(C)NC(=O)NCCc1c(C)[nH]c2ccccc12. The van der Waals surface area contributed by atoms with Crippen LogP contribution < -0.4 is 10.6 Å². The fourth-order valence-electron chi connectivity index (χ4n) is 2.75. The lowest BCUT2D eigenvalue weighted by atomic mass is 10.1. The lowest BCUT2D eigenvalue weighted by Gasteiger charge is -2.21. The number of urea groups is 1. The van der Waals surface area contributed by atoms with Gasteiger partial charge in [-0.05, 0) is 38.2 Å². The summed E-state index contributed by atoms with van der Waals surface area (Å²) in [6.45, 7) is 4.59. The van der Waals surface area contributed by atoms with Crippen LogP contribution in [-0.2, 0) is 6.42 Å². The van der Waals surface area contributed by atoms with E-state index in [0.717, 1.165) is 17.6 Å². The van der Waals surface area contributed by atoms with Crippen LogP contribution in [0.1, 0.15) is 18.2 Å². The first-order valence-corrected chi connectivity index (χ1v) is 9.09. The third-order valence-electron chi connectivity index (χ3n) is 4.09. The molecule has 2 rings (SSSR count). The molecule has 0 aliphatic rings. The molecule has 0 radical (unpaired) electrons. The number of hydrogen-bond donors (Lipinski definition) is 4. The number of carbonyl (C=O) groups is 1. The predicted molar refractivity (Wildman–Crippen MR) is 97.1 cm³/mol. The average Bonchev–Trinajstić information content (AvgIpc) is 2.84. The summed E-state index contributed by atoms with van der Waals surface area (Å²) in [5, 5.41) is 16.2. The normalized spacial score (nSPS) is 13.7. The highest BCUT2D eigenvalue weighted by molar-refractivity contribution is 7.99. The highest BCUT2D eigenvalue weighted by atomic mass is 32.2. The Hall–Kier alpha value is -1.66. The number of aromatic nitrogens is 1. The Kier molecular flexibility index (Phi) is 6.36. The molecule has 5 nitrogen and oxygen atoms in total. The van der Waals surface area contributed by atoms with Crippen molar-refractivity contribution in [3.8, 4) is 0 Å². The number of benzene rings is 1. The van der Waals surface area contributed by atoms with E-state index in [9.17, 15) is 9.90 Å². The summed E-state index contributed by atoms with van der Waals surface area (Å²) >= 11 is 1.55. The van der Waals surface area contributed by atoms with Crippen molar-refractivity contribution in [3.05, 3.63) is 35.5 Å². The zero-order valence-corrected chi connectivity index (χ0v) is 14.7.